The van der Waals surface area contributed by atoms with E-state index >= 15 is 0 Å². The standard InChI is InChI=1S/C11H22N2O/c1-14-9-10-2-4-13(5-3-10)8-11-6-12-7-11/h10-12H,2-9H2,1H3. The van der Waals surface area contributed by atoms with Crippen molar-refractivity contribution in [3.63, 3.8) is 0 Å². The molecule has 2 aliphatic heterocycles. The van der Waals surface area contributed by atoms with Crippen LogP contribution in [-0.4, -0.2) is 51.3 Å². The summed E-state index contributed by atoms with van der Waals surface area (Å²) in [5, 5.41) is 3.33. The van der Waals surface area contributed by atoms with Crippen LogP contribution in [0.3, 0.4) is 0 Å². The van der Waals surface area contributed by atoms with E-state index in [0.29, 0.717) is 0 Å². The number of likely N-dealkylation sites (tertiary alicyclic amines) is 1. The molecule has 1 N–H and O–H groups in total. The van der Waals surface area contributed by atoms with Gasteiger partial charge in [-0.1, -0.05) is 0 Å². The van der Waals surface area contributed by atoms with Crippen molar-refractivity contribution in [2.75, 3.05) is 46.4 Å². The molecule has 2 aliphatic rings. The SMILES string of the molecule is COCC1CCN(CC2CNC2)CC1. The Bertz CT molecular complexity index is 163. The summed E-state index contributed by atoms with van der Waals surface area (Å²) >= 11 is 0. The Kier molecular flexibility index (Phi) is 3.79. The lowest BCUT2D eigenvalue weighted by Crippen LogP contribution is -2.49. The molecule has 0 amide bonds. The monoisotopic (exact) mass is 198 g/mol. The van der Waals surface area contributed by atoms with Gasteiger partial charge in [0, 0.05) is 33.4 Å². The molecule has 2 fully saturated rings. The molecule has 0 aromatic rings. The molecule has 3 nitrogen and oxygen atoms in total. The molecule has 2 rings (SSSR count). The van der Waals surface area contributed by atoms with Crippen molar-refractivity contribution in [2.24, 2.45) is 11.8 Å². The molecule has 0 aromatic carbocycles. The fourth-order valence-electron chi connectivity index (χ4n) is 2.41. The molecule has 82 valence electrons. The van der Waals surface area contributed by atoms with Crippen LogP contribution in [0.2, 0.25) is 0 Å². The lowest BCUT2D eigenvalue weighted by atomic mass is 9.95. The number of hydrogen-bond donors (Lipinski definition) is 1. The van der Waals surface area contributed by atoms with Crippen molar-refractivity contribution in [3.8, 4) is 0 Å². The molecular formula is C11H22N2O. The van der Waals surface area contributed by atoms with Gasteiger partial charge in [-0.15, -0.1) is 0 Å². The van der Waals surface area contributed by atoms with Gasteiger partial charge in [0.2, 0.25) is 0 Å². The van der Waals surface area contributed by atoms with Crippen LogP contribution in [0.5, 0.6) is 0 Å². The molecule has 0 spiro atoms. The maximum absolute atomic E-state index is 5.20. The Labute approximate surface area is 86.8 Å². The second-order valence-corrected chi connectivity index (χ2v) is 4.72. The summed E-state index contributed by atoms with van der Waals surface area (Å²) in [4.78, 5) is 2.62. The van der Waals surface area contributed by atoms with Gasteiger partial charge in [0.15, 0.2) is 0 Å². The molecule has 14 heavy (non-hydrogen) atoms. The minimum Gasteiger partial charge on any atom is -0.384 e. The van der Waals surface area contributed by atoms with E-state index in [0.717, 1.165) is 18.4 Å². The van der Waals surface area contributed by atoms with Crippen molar-refractivity contribution < 1.29 is 4.74 Å². The van der Waals surface area contributed by atoms with Crippen LogP contribution < -0.4 is 5.32 Å². The highest BCUT2D eigenvalue weighted by atomic mass is 16.5. The van der Waals surface area contributed by atoms with E-state index < -0.39 is 0 Å². The van der Waals surface area contributed by atoms with Gasteiger partial charge in [-0.3, -0.25) is 0 Å². The van der Waals surface area contributed by atoms with Crippen LogP contribution in [0.15, 0.2) is 0 Å². The average Bonchev–Trinajstić information content (AvgIpc) is 2.14. The number of ether oxygens (including phenoxy) is 1. The van der Waals surface area contributed by atoms with Crippen LogP contribution in [0.1, 0.15) is 12.8 Å². The Balaban J connectivity index is 1.62. The number of methoxy groups -OCH3 is 1. The van der Waals surface area contributed by atoms with E-state index in [-0.39, 0.29) is 0 Å². The highest BCUT2D eigenvalue weighted by molar-refractivity contribution is 4.80. The van der Waals surface area contributed by atoms with Gasteiger partial charge < -0.3 is 15.0 Å². The van der Waals surface area contributed by atoms with E-state index in [1.165, 1.54) is 45.6 Å². The molecule has 2 saturated heterocycles. The number of rotatable bonds is 4. The van der Waals surface area contributed by atoms with E-state index in [4.69, 9.17) is 4.74 Å². The van der Waals surface area contributed by atoms with Crippen LogP contribution in [-0.2, 0) is 4.74 Å². The summed E-state index contributed by atoms with van der Waals surface area (Å²) in [6, 6.07) is 0. The molecule has 2 heterocycles. The summed E-state index contributed by atoms with van der Waals surface area (Å²) in [7, 11) is 1.81. The van der Waals surface area contributed by atoms with E-state index in [1.807, 2.05) is 7.11 Å². The largest absolute Gasteiger partial charge is 0.384 e. The normalized spacial score (nSPS) is 26.4. The molecule has 0 unspecified atom stereocenters. The average molecular weight is 198 g/mol. The third-order valence-corrected chi connectivity index (χ3v) is 3.49. The minimum atomic E-state index is 0.816. The fraction of sp³-hybridized carbons (Fsp3) is 1.00. The Morgan fingerprint density at radius 2 is 1.93 bits per heavy atom. The predicted octanol–water partition coefficient (Wildman–Crippen LogP) is 0.564. The summed E-state index contributed by atoms with van der Waals surface area (Å²) in [5.74, 6) is 1.74. The molecule has 0 aromatic heterocycles. The van der Waals surface area contributed by atoms with Crippen molar-refractivity contribution >= 4 is 0 Å². The Morgan fingerprint density at radius 3 is 2.43 bits per heavy atom. The van der Waals surface area contributed by atoms with Crippen molar-refractivity contribution in [3.05, 3.63) is 0 Å². The number of nitrogens with one attached hydrogen (secondary N) is 1. The molecule has 0 saturated carbocycles. The van der Waals surface area contributed by atoms with Gasteiger partial charge in [-0.25, -0.2) is 0 Å². The lowest BCUT2D eigenvalue weighted by Gasteiger charge is -2.37. The van der Waals surface area contributed by atoms with E-state index in [9.17, 15) is 0 Å². The first-order valence-corrected chi connectivity index (χ1v) is 5.80. The molecular weight excluding hydrogens is 176 g/mol. The lowest BCUT2D eigenvalue weighted by molar-refractivity contribution is 0.0870. The fourth-order valence-corrected chi connectivity index (χ4v) is 2.41. The van der Waals surface area contributed by atoms with Crippen LogP contribution in [0.4, 0.5) is 0 Å². The molecule has 0 bridgehead atoms. The van der Waals surface area contributed by atoms with Crippen LogP contribution in [0, 0.1) is 11.8 Å². The first kappa shape index (κ1) is 10.4. The predicted molar refractivity (Wildman–Crippen MR) is 57.4 cm³/mol. The Morgan fingerprint density at radius 1 is 1.21 bits per heavy atom. The zero-order valence-electron chi connectivity index (χ0n) is 9.17. The Hall–Kier alpha value is -0.120. The first-order valence-electron chi connectivity index (χ1n) is 5.80. The molecule has 0 radical (unpaired) electrons. The second-order valence-electron chi connectivity index (χ2n) is 4.72. The highest BCUT2D eigenvalue weighted by Crippen LogP contribution is 2.18. The van der Waals surface area contributed by atoms with Gasteiger partial charge in [0.25, 0.3) is 0 Å². The third-order valence-electron chi connectivity index (χ3n) is 3.49. The quantitative estimate of drug-likeness (QED) is 0.714. The topological polar surface area (TPSA) is 24.5 Å². The summed E-state index contributed by atoms with van der Waals surface area (Å²) in [5.41, 5.74) is 0. The summed E-state index contributed by atoms with van der Waals surface area (Å²) in [6.07, 6.45) is 2.65. The zero-order valence-corrected chi connectivity index (χ0v) is 9.17. The third kappa shape index (κ3) is 2.69. The summed E-state index contributed by atoms with van der Waals surface area (Å²) in [6.45, 7) is 7.30. The maximum Gasteiger partial charge on any atom is 0.0491 e. The number of piperidine rings is 1. The maximum atomic E-state index is 5.20. The zero-order chi connectivity index (χ0) is 9.80. The van der Waals surface area contributed by atoms with Crippen LogP contribution in [0.25, 0.3) is 0 Å². The van der Waals surface area contributed by atoms with Crippen molar-refractivity contribution in [1.82, 2.24) is 10.2 Å². The van der Waals surface area contributed by atoms with Gasteiger partial charge in [-0.2, -0.15) is 0 Å². The van der Waals surface area contributed by atoms with E-state index in [1.54, 1.807) is 0 Å². The molecule has 0 aliphatic carbocycles. The first-order chi connectivity index (χ1) is 6.88. The number of hydrogen-bond acceptors (Lipinski definition) is 3. The van der Waals surface area contributed by atoms with Crippen LogP contribution >= 0.6 is 0 Å². The van der Waals surface area contributed by atoms with Gasteiger partial charge >= 0.3 is 0 Å². The van der Waals surface area contributed by atoms with Crippen molar-refractivity contribution in [2.45, 2.75) is 12.8 Å². The second kappa shape index (κ2) is 5.10. The van der Waals surface area contributed by atoms with Crippen molar-refractivity contribution in [1.29, 1.82) is 0 Å². The molecule has 0 atom stereocenters. The smallest absolute Gasteiger partial charge is 0.0491 e. The summed E-state index contributed by atoms with van der Waals surface area (Å²) < 4.78 is 5.20. The van der Waals surface area contributed by atoms with Gasteiger partial charge in [0.1, 0.15) is 0 Å². The van der Waals surface area contributed by atoms with Gasteiger partial charge in [-0.05, 0) is 37.8 Å². The van der Waals surface area contributed by atoms with E-state index in [2.05, 4.69) is 10.2 Å². The number of nitrogens with zero attached hydrogens (tertiary/aromatic N) is 1. The van der Waals surface area contributed by atoms with Gasteiger partial charge in [0.05, 0.1) is 0 Å². The molecule has 3 heteroatoms. The minimum absolute atomic E-state index is 0.816. The highest BCUT2D eigenvalue weighted by Gasteiger charge is 2.24.